The van der Waals surface area contributed by atoms with Gasteiger partial charge in [-0.25, -0.2) is 9.59 Å². The summed E-state index contributed by atoms with van der Waals surface area (Å²) in [6.07, 6.45) is -0.876. The Labute approximate surface area is 213 Å². The van der Waals surface area contributed by atoms with Crippen LogP contribution in [0.1, 0.15) is 33.2 Å². The third-order valence-corrected chi connectivity index (χ3v) is 4.77. The molecule has 0 saturated heterocycles. The predicted molar refractivity (Wildman–Crippen MR) is 132 cm³/mol. The summed E-state index contributed by atoms with van der Waals surface area (Å²) in [5.74, 6) is -1.41. The SMILES string of the molecule is CCOC(=O)COc1ccc(C(=O)C(CO)NC(=O)c2ccc(/C(N)=N\C(=O)OCCOC)cc2)cc1. The molecule has 2 aromatic rings. The molecule has 0 radical (unpaired) electrons. The Morgan fingerprint density at radius 2 is 1.57 bits per heavy atom. The molecule has 2 amide bonds. The number of nitrogens with two attached hydrogens (primary N) is 1. The number of benzene rings is 2. The van der Waals surface area contributed by atoms with E-state index in [2.05, 4.69) is 10.3 Å². The van der Waals surface area contributed by atoms with Gasteiger partial charge in [0.05, 0.1) is 19.8 Å². The molecule has 1 unspecified atom stereocenters. The van der Waals surface area contributed by atoms with E-state index >= 15 is 0 Å². The van der Waals surface area contributed by atoms with Gasteiger partial charge >= 0.3 is 12.1 Å². The number of esters is 1. The second-order valence-corrected chi connectivity index (χ2v) is 7.37. The highest BCUT2D eigenvalue weighted by Crippen LogP contribution is 2.14. The standard InChI is InChI=1S/C25H29N3O9/c1-3-35-21(30)15-37-19-10-8-16(9-11-19)22(31)20(14-29)27-24(32)18-6-4-17(5-7-18)23(26)28-25(33)36-13-12-34-2/h4-11,20,29H,3,12-15H2,1-2H3,(H,27,32)(H2,26,28,33). The summed E-state index contributed by atoms with van der Waals surface area (Å²) in [6, 6.07) is 10.5. The van der Waals surface area contributed by atoms with Crippen molar-refractivity contribution in [1.29, 1.82) is 0 Å². The number of rotatable bonds is 13. The number of Topliss-reactive ketones (excluding diaryl/α,β-unsaturated/α-hetero) is 1. The molecule has 4 N–H and O–H groups in total. The van der Waals surface area contributed by atoms with Crippen LogP contribution in [0, 0.1) is 0 Å². The molecule has 0 aliphatic carbocycles. The van der Waals surface area contributed by atoms with E-state index in [0.717, 1.165) is 0 Å². The minimum atomic E-state index is -1.20. The quantitative estimate of drug-likeness (QED) is 0.115. The molecular weight excluding hydrogens is 486 g/mol. The molecular formula is C25H29N3O9. The summed E-state index contributed by atoms with van der Waals surface area (Å²) in [5.41, 5.74) is 6.58. The summed E-state index contributed by atoms with van der Waals surface area (Å²) >= 11 is 0. The van der Waals surface area contributed by atoms with Crippen molar-refractivity contribution >= 4 is 29.6 Å². The van der Waals surface area contributed by atoms with Crippen molar-refractivity contribution in [3.8, 4) is 5.75 Å². The third kappa shape index (κ3) is 9.35. The van der Waals surface area contributed by atoms with Crippen LogP contribution < -0.4 is 15.8 Å². The van der Waals surface area contributed by atoms with E-state index in [0.29, 0.717) is 11.3 Å². The molecule has 2 rings (SSSR count). The average molecular weight is 516 g/mol. The van der Waals surface area contributed by atoms with Crippen LogP contribution in [-0.4, -0.2) is 80.9 Å². The van der Waals surface area contributed by atoms with E-state index in [-0.39, 0.29) is 43.4 Å². The smallest absolute Gasteiger partial charge is 0.435 e. The van der Waals surface area contributed by atoms with Gasteiger partial charge in [-0.3, -0.25) is 9.59 Å². The Bertz CT molecular complexity index is 1100. The lowest BCUT2D eigenvalue weighted by molar-refractivity contribution is -0.145. The van der Waals surface area contributed by atoms with Gasteiger partial charge in [-0.05, 0) is 43.3 Å². The van der Waals surface area contributed by atoms with E-state index in [4.69, 9.17) is 24.7 Å². The minimum Gasteiger partial charge on any atom is -0.482 e. The maximum atomic E-state index is 12.8. The Morgan fingerprint density at radius 3 is 2.16 bits per heavy atom. The van der Waals surface area contributed by atoms with Crippen LogP contribution in [-0.2, 0) is 19.0 Å². The lowest BCUT2D eigenvalue weighted by atomic mass is 10.0. The molecule has 2 aromatic carbocycles. The highest BCUT2D eigenvalue weighted by atomic mass is 16.6. The number of aliphatic hydroxyl groups is 1. The van der Waals surface area contributed by atoms with Crippen LogP contribution in [0.4, 0.5) is 4.79 Å². The van der Waals surface area contributed by atoms with Crippen LogP contribution in [0.2, 0.25) is 0 Å². The molecule has 12 nitrogen and oxygen atoms in total. The lowest BCUT2D eigenvalue weighted by Crippen LogP contribution is -2.43. The van der Waals surface area contributed by atoms with Crippen molar-refractivity contribution < 1.29 is 43.2 Å². The molecule has 37 heavy (non-hydrogen) atoms. The van der Waals surface area contributed by atoms with Crippen LogP contribution in [0.15, 0.2) is 53.5 Å². The molecule has 0 aromatic heterocycles. The normalized spacial score (nSPS) is 11.8. The highest BCUT2D eigenvalue weighted by molar-refractivity contribution is 6.06. The van der Waals surface area contributed by atoms with Crippen molar-refractivity contribution in [1.82, 2.24) is 5.32 Å². The van der Waals surface area contributed by atoms with Gasteiger partial charge in [0.1, 0.15) is 24.2 Å². The van der Waals surface area contributed by atoms with E-state index in [9.17, 15) is 24.3 Å². The van der Waals surface area contributed by atoms with Crippen molar-refractivity contribution in [3.05, 3.63) is 65.2 Å². The summed E-state index contributed by atoms with van der Waals surface area (Å²) in [6.45, 7) is 1.27. The van der Waals surface area contributed by atoms with Crippen molar-refractivity contribution in [3.63, 3.8) is 0 Å². The monoisotopic (exact) mass is 515 g/mol. The van der Waals surface area contributed by atoms with Gasteiger partial charge in [-0.1, -0.05) is 12.1 Å². The fraction of sp³-hybridized carbons (Fsp3) is 0.320. The highest BCUT2D eigenvalue weighted by Gasteiger charge is 2.22. The maximum absolute atomic E-state index is 12.8. The van der Waals surface area contributed by atoms with Gasteiger partial charge in [-0.2, -0.15) is 4.99 Å². The summed E-state index contributed by atoms with van der Waals surface area (Å²) < 4.78 is 19.6. The second-order valence-electron chi connectivity index (χ2n) is 7.37. The number of aliphatic imine (C=N–C) groups is 1. The van der Waals surface area contributed by atoms with Gasteiger partial charge in [-0.15, -0.1) is 0 Å². The maximum Gasteiger partial charge on any atom is 0.435 e. The number of hydrogen-bond acceptors (Lipinski definition) is 9. The zero-order chi connectivity index (χ0) is 27.2. The number of ketones is 1. The van der Waals surface area contributed by atoms with Crippen molar-refractivity contribution in [2.24, 2.45) is 10.7 Å². The molecule has 0 spiro atoms. The Morgan fingerprint density at radius 1 is 0.946 bits per heavy atom. The number of carbonyl (C=O) groups is 4. The second kappa shape index (κ2) is 15.0. The topological polar surface area (TPSA) is 176 Å². The lowest BCUT2D eigenvalue weighted by Gasteiger charge is -2.16. The van der Waals surface area contributed by atoms with Gasteiger partial charge in [0, 0.05) is 23.8 Å². The molecule has 0 bridgehead atoms. The number of carbonyl (C=O) groups excluding carboxylic acids is 4. The number of methoxy groups -OCH3 is 1. The van der Waals surface area contributed by atoms with Crippen molar-refractivity contribution in [2.45, 2.75) is 13.0 Å². The third-order valence-electron chi connectivity index (χ3n) is 4.77. The molecule has 198 valence electrons. The predicted octanol–water partition coefficient (Wildman–Crippen LogP) is 1.09. The first-order valence-electron chi connectivity index (χ1n) is 11.2. The van der Waals surface area contributed by atoms with E-state index < -0.39 is 36.4 Å². The average Bonchev–Trinajstić information content (AvgIpc) is 2.90. The van der Waals surface area contributed by atoms with Crippen LogP contribution in [0.5, 0.6) is 5.75 Å². The number of aliphatic hydroxyl groups excluding tert-OH is 1. The zero-order valence-corrected chi connectivity index (χ0v) is 20.5. The van der Waals surface area contributed by atoms with Gasteiger partial charge in [0.2, 0.25) is 0 Å². The fourth-order valence-electron chi connectivity index (χ4n) is 2.90. The number of nitrogens with one attached hydrogen (secondary N) is 1. The zero-order valence-electron chi connectivity index (χ0n) is 20.5. The van der Waals surface area contributed by atoms with E-state index in [1.807, 2.05) is 0 Å². The Balaban J connectivity index is 1.97. The number of hydrogen-bond donors (Lipinski definition) is 3. The molecule has 0 aliphatic rings. The van der Waals surface area contributed by atoms with Crippen LogP contribution in [0.25, 0.3) is 0 Å². The Hall–Kier alpha value is -4.29. The number of ether oxygens (including phenoxy) is 4. The summed E-state index contributed by atoms with van der Waals surface area (Å²) in [7, 11) is 1.46. The Kier molecular flexibility index (Phi) is 11.7. The minimum absolute atomic E-state index is 0.0311. The number of amides is 2. The van der Waals surface area contributed by atoms with Gasteiger partial charge in [0.25, 0.3) is 5.91 Å². The van der Waals surface area contributed by atoms with Crippen molar-refractivity contribution in [2.75, 3.05) is 40.1 Å². The first kappa shape index (κ1) is 28.9. The fourth-order valence-corrected chi connectivity index (χ4v) is 2.90. The largest absolute Gasteiger partial charge is 0.482 e. The first-order chi connectivity index (χ1) is 17.8. The van der Waals surface area contributed by atoms with Crippen LogP contribution in [0.3, 0.4) is 0 Å². The number of nitrogens with zero attached hydrogens (tertiary/aromatic N) is 1. The molecule has 1 atom stereocenters. The number of amidine groups is 1. The van der Waals surface area contributed by atoms with Crippen LogP contribution >= 0.6 is 0 Å². The van der Waals surface area contributed by atoms with Gasteiger partial charge < -0.3 is 35.1 Å². The molecule has 0 aliphatic heterocycles. The summed E-state index contributed by atoms with van der Waals surface area (Å²) in [4.78, 5) is 52.0. The van der Waals surface area contributed by atoms with Gasteiger partial charge in [0.15, 0.2) is 12.4 Å². The van der Waals surface area contributed by atoms with E-state index in [1.165, 1.54) is 55.6 Å². The molecule has 0 heterocycles. The molecule has 12 heteroatoms. The molecule has 0 fully saturated rings. The molecule has 0 saturated carbocycles. The first-order valence-corrected chi connectivity index (χ1v) is 11.2. The van der Waals surface area contributed by atoms with E-state index in [1.54, 1.807) is 6.92 Å². The summed E-state index contributed by atoms with van der Waals surface area (Å²) in [5, 5.41) is 12.2.